The third-order valence-electron chi connectivity index (χ3n) is 5.68. The molecule has 1 aliphatic rings. The molecule has 0 amide bonds. The number of allylic oxidation sites excluding steroid dienone is 5. The van der Waals surface area contributed by atoms with Crippen molar-refractivity contribution in [3.63, 3.8) is 0 Å². The zero-order valence-corrected chi connectivity index (χ0v) is 19.3. The lowest BCUT2D eigenvalue weighted by Crippen LogP contribution is -2.20. The highest BCUT2D eigenvalue weighted by atomic mass is 14.9. The molecular formula is C27H40N2. The molecule has 0 atom stereocenters. The fourth-order valence-corrected chi connectivity index (χ4v) is 3.91. The topological polar surface area (TPSA) is 24.1 Å². The normalized spacial score (nSPS) is 14.7. The molecule has 0 bridgehead atoms. The van der Waals surface area contributed by atoms with Gasteiger partial charge in [-0.15, -0.1) is 0 Å². The van der Waals surface area contributed by atoms with Crippen LogP contribution in [0, 0.1) is 6.92 Å². The summed E-state index contributed by atoms with van der Waals surface area (Å²) in [6, 6.07) is 4.77. The molecule has 2 nitrogen and oxygen atoms in total. The minimum Gasteiger partial charge on any atom is -0.385 e. The molecule has 0 spiro atoms. The number of rotatable bonds is 10. The van der Waals surface area contributed by atoms with E-state index in [4.69, 9.17) is 0 Å². The first-order chi connectivity index (χ1) is 14.0. The SMILES string of the molecule is C=C/C(Cc1cc(C2=CCNCC2)cc(NCCCCC)c1C)=C(/C)C=C(C)C. The van der Waals surface area contributed by atoms with Gasteiger partial charge >= 0.3 is 0 Å². The van der Waals surface area contributed by atoms with Crippen LogP contribution in [0.2, 0.25) is 0 Å². The lowest BCUT2D eigenvalue weighted by atomic mass is 9.90. The zero-order valence-electron chi connectivity index (χ0n) is 19.3. The molecule has 2 N–H and O–H groups in total. The van der Waals surface area contributed by atoms with Gasteiger partial charge in [-0.3, -0.25) is 0 Å². The first kappa shape index (κ1) is 23.2. The molecule has 0 radical (unpaired) electrons. The Labute approximate surface area is 178 Å². The Balaban J connectivity index is 2.41. The molecule has 2 rings (SSSR count). The summed E-state index contributed by atoms with van der Waals surface area (Å²) in [6.07, 6.45) is 12.4. The van der Waals surface area contributed by atoms with Crippen LogP contribution in [0.15, 0.2) is 53.7 Å². The van der Waals surface area contributed by atoms with Gasteiger partial charge in [-0.1, -0.05) is 56.2 Å². The summed E-state index contributed by atoms with van der Waals surface area (Å²) in [5.74, 6) is 0. The number of hydrogen-bond acceptors (Lipinski definition) is 2. The molecule has 1 aromatic rings. The van der Waals surface area contributed by atoms with Gasteiger partial charge in [0, 0.05) is 18.8 Å². The van der Waals surface area contributed by atoms with Crippen molar-refractivity contribution < 1.29 is 0 Å². The first-order valence-corrected chi connectivity index (χ1v) is 11.2. The van der Waals surface area contributed by atoms with E-state index >= 15 is 0 Å². The predicted molar refractivity (Wildman–Crippen MR) is 131 cm³/mol. The van der Waals surface area contributed by atoms with Crippen LogP contribution in [-0.2, 0) is 6.42 Å². The molecule has 0 saturated carbocycles. The van der Waals surface area contributed by atoms with E-state index in [1.54, 1.807) is 0 Å². The van der Waals surface area contributed by atoms with Crippen molar-refractivity contribution in [3.8, 4) is 0 Å². The molecule has 1 heterocycles. The van der Waals surface area contributed by atoms with Crippen molar-refractivity contribution in [1.29, 1.82) is 0 Å². The second-order valence-corrected chi connectivity index (χ2v) is 8.44. The van der Waals surface area contributed by atoms with Gasteiger partial charge in [-0.05, 0) is 93.0 Å². The lowest BCUT2D eigenvalue weighted by molar-refractivity contribution is 0.738. The molecule has 1 aliphatic heterocycles. The number of benzene rings is 1. The van der Waals surface area contributed by atoms with E-state index in [9.17, 15) is 0 Å². The Morgan fingerprint density at radius 3 is 2.62 bits per heavy atom. The molecule has 158 valence electrons. The Bertz CT molecular complexity index is 789. The minimum atomic E-state index is 0.925. The summed E-state index contributed by atoms with van der Waals surface area (Å²) in [7, 11) is 0. The highest BCUT2D eigenvalue weighted by Crippen LogP contribution is 2.30. The summed E-state index contributed by atoms with van der Waals surface area (Å²) in [5.41, 5.74) is 10.8. The second kappa shape index (κ2) is 11.8. The van der Waals surface area contributed by atoms with E-state index in [1.807, 2.05) is 6.08 Å². The van der Waals surface area contributed by atoms with Gasteiger partial charge in [0.1, 0.15) is 0 Å². The molecule has 0 saturated heterocycles. The molecule has 0 unspecified atom stereocenters. The van der Waals surface area contributed by atoms with Crippen LogP contribution in [0.1, 0.15) is 70.1 Å². The van der Waals surface area contributed by atoms with Crippen molar-refractivity contribution >= 4 is 11.3 Å². The quantitative estimate of drug-likeness (QED) is 0.331. The Kier molecular flexibility index (Phi) is 9.47. The fraction of sp³-hybridized carbons (Fsp3) is 0.481. The maximum atomic E-state index is 4.10. The predicted octanol–water partition coefficient (Wildman–Crippen LogP) is 6.99. The third-order valence-corrected chi connectivity index (χ3v) is 5.68. The third kappa shape index (κ3) is 7.04. The van der Waals surface area contributed by atoms with Crippen LogP contribution in [0.3, 0.4) is 0 Å². The van der Waals surface area contributed by atoms with Gasteiger partial charge in [-0.25, -0.2) is 0 Å². The number of anilines is 1. The van der Waals surface area contributed by atoms with Gasteiger partial charge < -0.3 is 10.6 Å². The van der Waals surface area contributed by atoms with Crippen molar-refractivity contribution in [3.05, 3.63) is 70.3 Å². The van der Waals surface area contributed by atoms with E-state index in [-0.39, 0.29) is 0 Å². The Hall–Kier alpha value is -2.06. The smallest absolute Gasteiger partial charge is 0.0378 e. The van der Waals surface area contributed by atoms with Crippen molar-refractivity contribution in [1.82, 2.24) is 5.32 Å². The standard InChI is InChI=1S/C27H40N2/c1-7-9-10-13-29-27-19-26(24-11-14-28-15-12-24)18-25(22(27)6)17-23(8-2)21(5)16-20(3)4/h8,11,16,18-19,28-29H,2,7,9-10,12-15,17H2,1,3-6H3/b23-21+. The number of hydrogen-bond donors (Lipinski definition) is 2. The minimum absolute atomic E-state index is 0.925. The number of nitrogens with one attached hydrogen (secondary N) is 2. The molecule has 0 aromatic heterocycles. The molecule has 0 aliphatic carbocycles. The summed E-state index contributed by atoms with van der Waals surface area (Å²) in [4.78, 5) is 0. The van der Waals surface area contributed by atoms with Crippen molar-refractivity contribution in [2.45, 2.75) is 66.7 Å². The van der Waals surface area contributed by atoms with Crippen LogP contribution in [-0.4, -0.2) is 19.6 Å². The van der Waals surface area contributed by atoms with Gasteiger partial charge in [-0.2, -0.15) is 0 Å². The highest BCUT2D eigenvalue weighted by molar-refractivity contribution is 5.72. The second-order valence-electron chi connectivity index (χ2n) is 8.44. The Morgan fingerprint density at radius 2 is 2.00 bits per heavy atom. The molecular weight excluding hydrogens is 352 g/mol. The van der Waals surface area contributed by atoms with Crippen molar-refractivity contribution in [2.24, 2.45) is 0 Å². The van der Waals surface area contributed by atoms with E-state index in [0.29, 0.717) is 0 Å². The van der Waals surface area contributed by atoms with Crippen LogP contribution >= 0.6 is 0 Å². The van der Waals surface area contributed by atoms with E-state index in [1.165, 1.54) is 63.9 Å². The van der Waals surface area contributed by atoms with Crippen LogP contribution < -0.4 is 10.6 Å². The highest BCUT2D eigenvalue weighted by Gasteiger charge is 2.13. The molecule has 29 heavy (non-hydrogen) atoms. The van der Waals surface area contributed by atoms with E-state index < -0.39 is 0 Å². The summed E-state index contributed by atoms with van der Waals surface area (Å²) < 4.78 is 0. The molecule has 2 heteroatoms. The van der Waals surface area contributed by atoms with Gasteiger partial charge in [0.25, 0.3) is 0 Å². The van der Waals surface area contributed by atoms with Crippen molar-refractivity contribution in [2.75, 3.05) is 25.0 Å². The van der Waals surface area contributed by atoms with E-state index in [0.717, 1.165) is 32.5 Å². The average molecular weight is 393 g/mol. The zero-order chi connectivity index (χ0) is 21.2. The summed E-state index contributed by atoms with van der Waals surface area (Å²) >= 11 is 0. The summed E-state index contributed by atoms with van der Waals surface area (Å²) in [5, 5.41) is 7.15. The van der Waals surface area contributed by atoms with E-state index in [2.05, 4.69) is 76.1 Å². The monoisotopic (exact) mass is 392 g/mol. The lowest BCUT2D eigenvalue weighted by Gasteiger charge is -2.20. The van der Waals surface area contributed by atoms with Gasteiger partial charge in [0.05, 0.1) is 0 Å². The Morgan fingerprint density at radius 1 is 1.21 bits per heavy atom. The van der Waals surface area contributed by atoms with Gasteiger partial charge in [0.2, 0.25) is 0 Å². The van der Waals surface area contributed by atoms with Gasteiger partial charge in [0.15, 0.2) is 0 Å². The first-order valence-electron chi connectivity index (χ1n) is 11.2. The van der Waals surface area contributed by atoms with Crippen LogP contribution in [0.25, 0.3) is 5.57 Å². The van der Waals surface area contributed by atoms with Crippen LogP contribution in [0.4, 0.5) is 5.69 Å². The summed E-state index contributed by atoms with van der Waals surface area (Å²) in [6.45, 7) is 18.2. The number of unbranched alkanes of at least 4 members (excludes halogenated alkanes) is 2. The maximum absolute atomic E-state index is 4.10. The average Bonchev–Trinajstić information content (AvgIpc) is 2.71. The fourth-order valence-electron chi connectivity index (χ4n) is 3.91. The molecule has 0 fully saturated rings. The maximum Gasteiger partial charge on any atom is 0.0378 e. The van der Waals surface area contributed by atoms with Crippen LogP contribution in [0.5, 0.6) is 0 Å². The molecule has 1 aromatic carbocycles. The largest absolute Gasteiger partial charge is 0.385 e.